The zero-order valence-corrected chi connectivity index (χ0v) is 12.1. The van der Waals surface area contributed by atoms with Crippen LogP contribution in [0, 0.1) is 0 Å². The van der Waals surface area contributed by atoms with Crippen LogP contribution < -0.4 is 10.6 Å². The number of carbonyl (C=O) groups excluding carboxylic acids is 1. The smallest absolute Gasteiger partial charge is 0.232 e. The SMILES string of the molecule is CCCNC(COC)CS(=O)CC(=O)NC1CC1. The summed E-state index contributed by atoms with van der Waals surface area (Å²) >= 11 is 0. The largest absolute Gasteiger partial charge is 0.383 e. The first-order valence-electron chi connectivity index (χ1n) is 6.52. The number of nitrogens with one attached hydrogen (secondary N) is 2. The zero-order valence-electron chi connectivity index (χ0n) is 11.2. The van der Waals surface area contributed by atoms with Gasteiger partial charge in [0.15, 0.2) is 0 Å². The summed E-state index contributed by atoms with van der Waals surface area (Å²) < 4.78 is 16.9. The summed E-state index contributed by atoms with van der Waals surface area (Å²) in [5.41, 5.74) is 0. The molecule has 0 saturated heterocycles. The van der Waals surface area contributed by atoms with Gasteiger partial charge in [0, 0.05) is 35.7 Å². The van der Waals surface area contributed by atoms with Gasteiger partial charge in [-0.1, -0.05) is 6.92 Å². The first-order chi connectivity index (χ1) is 8.65. The monoisotopic (exact) mass is 276 g/mol. The number of carbonyl (C=O) groups is 1. The number of ether oxygens (including phenoxy) is 1. The lowest BCUT2D eigenvalue weighted by atomic mass is 10.3. The highest BCUT2D eigenvalue weighted by molar-refractivity contribution is 7.85. The van der Waals surface area contributed by atoms with Crippen molar-refractivity contribution in [3.8, 4) is 0 Å². The highest BCUT2D eigenvalue weighted by Crippen LogP contribution is 2.18. The molecule has 6 heteroatoms. The van der Waals surface area contributed by atoms with Crippen molar-refractivity contribution in [3.05, 3.63) is 0 Å². The second-order valence-corrected chi connectivity index (χ2v) is 6.20. The van der Waals surface area contributed by atoms with E-state index in [1.165, 1.54) is 0 Å². The first kappa shape index (κ1) is 15.6. The van der Waals surface area contributed by atoms with E-state index >= 15 is 0 Å². The number of rotatable bonds is 10. The second kappa shape index (κ2) is 8.61. The fourth-order valence-corrected chi connectivity index (χ4v) is 2.80. The van der Waals surface area contributed by atoms with E-state index in [1.54, 1.807) is 7.11 Å². The molecular weight excluding hydrogens is 252 g/mol. The third-order valence-electron chi connectivity index (χ3n) is 2.67. The minimum absolute atomic E-state index is 0.0597. The number of amides is 1. The van der Waals surface area contributed by atoms with E-state index in [0.29, 0.717) is 18.4 Å². The molecule has 1 fully saturated rings. The summed E-state index contributed by atoms with van der Waals surface area (Å²) in [5.74, 6) is 0.471. The van der Waals surface area contributed by atoms with Crippen molar-refractivity contribution in [3.63, 3.8) is 0 Å². The van der Waals surface area contributed by atoms with Gasteiger partial charge in [0.05, 0.1) is 6.61 Å². The quantitative estimate of drug-likeness (QED) is 0.591. The van der Waals surface area contributed by atoms with E-state index in [1.807, 2.05) is 0 Å². The molecule has 1 aliphatic carbocycles. The van der Waals surface area contributed by atoms with Gasteiger partial charge in [-0.05, 0) is 25.8 Å². The maximum absolute atomic E-state index is 11.9. The summed E-state index contributed by atoms with van der Waals surface area (Å²) in [6.07, 6.45) is 3.14. The summed E-state index contributed by atoms with van der Waals surface area (Å²) in [5, 5.41) is 6.13. The van der Waals surface area contributed by atoms with Crippen molar-refractivity contribution in [2.75, 3.05) is 31.8 Å². The van der Waals surface area contributed by atoms with Gasteiger partial charge in [-0.3, -0.25) is 9.00 Å². The molecule has 2 N–H and O–H groups in total. The molecule has 0 aromatic rings. The van der Waals surface area contributed by atoms with Crippen LogP contribution in [0.2, 0.25) is 0 Å². The molecule has 0 aromatic heterocycles. The molecule has 2 atom stereocenters. The average Bonchev–Trinajstić information content (AvgIpc) is 3.09. The van der Waals surface area contributed by atoms with Crippen molar-refractivity contribution in [2.24, 2.45) is 0 Å². The Morgan fingerprint density at radius 1 is 1.50 bits per heavy atom. The zero-order chi connectivity index (χ0) is 13.4. The lowest BCUT2D eigenvalue weighted by molar-refractivity contribution is -0.118. The van der Waals surface area contributed by atoms with Crippen LogP contribution in [0.15, 0.2) is 0 Å². The van der Waals surface area contributed by atoms with Gasteiger partial charge in [-0.25, -0.2) is 0 Å². The van der Waals surface area contributed by atoms with Crippen LogP contribution in [0.5, 0.6) is 0 Å². The van der Waals surface area contributed by atoms with Crippen LogP contribution >= 0.6 is 0 Å². The molecule has 0 spiro atoms. The molecule has 0 heterocycles. The van der Waals surface area contributed by atoms with Gasteiger partial charge >= 0.3 is 0 Å². The molecule has 106 valence electrons. The standard InChI is InChI=1S/C12H24N2O3S/c1-3-6-13-11(7-17-2)8-18(16)9-12(15)14-10-4-5-10/h10-11,13H,3-9H2,1-2H3,(H,14,15). The lowest BCUT2D eigenvalue weighted by Crippen LogP contribution is -2.40. The van der Waals surface area contributed by atoms with Crippen LogP contribution in [-0.4, -0.2) is 54.0 Å². The Balaban J connectivity index is 2.22. The van der Waals surface area contributed by atoms with Gasteiger partial charge in [-0.2, -0.15) is 0 Å². The van der Waals surface area contributed by atoms with Gasteiger partial charge in [-0.15, -0.1) is 0 Å². The summed E-state index contributed by atoms with van der Waals surface area (Å²) in [6.45, 7) is 3.48. The Kier molecular flexibility index (Phi) is 7.46. The summed E-state index contributed by atoms with van der Waals surface area (Å²) in [4.78, 5) is 11.5. The molecule has 0 aromatic carbocycles. The lowest BCUT2D eigenvalue weighted by Gasteiger charge is -2.17. The summed E-state index contributed by atoms with van der Waals surface area (Å²) in [7, 11) is 0.500. The predicted octanol–water partition coefficient (Wildman–Crippen LogP) is 0.0283. The molecule has 0 bridgehead atoms. The topological polar surface area (TPSA) is 67.4 Å². The van der Waals surface area contributed by atoms with E-state index in [-0.39, 0.29) is 17.7 Å². The number of methoxy groups -OCH3 is 1. The van der Waals surface area contributed by atoms with Crippen LogP contribution in [0.25, 0.3) is 0 Å². The highest BCUT2D eigenvalue weighted by atomic mass is 32.2. The van der Waals surface area contributed by atoms with E-state index in [4.69, 9.17) is 4.74 Å². The molecule has 1 saturated carbocycles. The van der Waals surface area contributed by atoms with Crippen LogP contribution in [0.3, 0.4) is 0 Å². The molecule has 1 amide bonds. The minimum atomic E-state index is -1.13. The molecule has 0 radical (unpaired) electrons. The Bertz CT molecular complexity index is 282. The van der Waals surface area contributed by atoms with Crippen molar-refractivity contribution < 1.29 is 13.7 Å². The van der Waals surface area contributed by atoms with Gasteiger partial charge in [0.2, 0.25) is 5.91 Å². The maximum Gasteiger partial charge on any atom is 0.232 e. The number of hydrogen-bond acceptors (Lipinski definition) is 4. The molecule has 0 aliphatic heterocycles. The Morgan fingerprint density at radius 3 is 2.78 bits per heavy atom. The van der Waals surface area contributed by atoms with Gasteiger partial charge < -0.3 is 15.4 Å². The molecule has 2 unspecified atom stereocenters. The molecule has 1 aliphatic rings. The maximum atomic E-state index is 11.9. The van der Waals surface area contributed by atoms with Gasteiger partial charge in [0.25, 0.3) is 0 Å². The third kappa shape index (κ3) is 7.08. The van der Waals surface area contributed by atoms with Crippen molar-refractivity contribution >= 4 is 16.7 Å². The van der Waals surface area contributed by atoms with Crippen molar-refractivity contribution in [1.29, 1.82) is 0 Å². The molecule has 5 nitrogen and oxygen atoms in total. The van der Waals surface area contributed by atoms with Gasteiger partial charge in [0.1, 0.15) is 5.75 Å². The molecular formula is C12H24N2O3S. The number of hydrogen-bond donors (Lipinski definition) is 2. The fourth-order valence-electron chi connectivity index (χ4n) is 1.64. The van der Waals surface area contributed by atoms with E-state index < -0.39 is 10.8 Å². The molecule has 18 heavy (non-hydrogen) atoms. The van der Waals surface area contributed by atoms with Crippen LogP contribution in [0.4, 0.5) is 0 Å². The van der Waals surface area contributed by atoms with Crippen molar-refractivity contribution in [1.82, 2.24) is 10.6 Å². The van der Waals surface area contributed by atoms with E-state index in [2.05, 4.69) is 17.6 Å². The first-order valence-corrected chi connectivity index (χ1v) is 8.01. The van der Waals surface area contributed by atoms with E-state index in [9.17, 15) is 9.00 Å². The summed E-state index contributed by atoms with van der Waals surface area (Å²) in [6, 6.07) is 0.395. The predicted molar refractivity (Wildman–Crippen MR) is 73.0 cm³/mol. The Hall–Kier alpha value is -0.460. The third-order valence-corrected chi connectivity index (χ3v) is 4.03. The minimum Gasteiger partial charge on any atom is -0.383 e. The van der Waals surface area contributed by atoms with Crippen molar-refractivity contribution in [2.45, 2.75) is 38.3 Å². The molecule has 1 rings (SSSR count). The van der Waals surface area contributed by atoms with Crippen LogP contribution in [-0.2, 0) is 20.3 Å². The Labute approximate surface area is 111 Å². The average molecular weight is 276 g/mol. The Morgan fingerprint density at radius 2 is 2.22 bits per heavy atom. The van der Waals surface area contributed by atoms with Crippen LogP contribution in [0.1, 0.15) is 26.2 Å². The fraction of sp³-hybridized carbons (Fsp3) is 0.917. The highest BCUT2D eigenvalue weighted by Gasteiger charge is 2.24. The second-order valence-electron chi connectivity index (χ2n) is 4.70. The van der Waals surface area contributed by atoms with E-state index in [0.717, 1.165) is 25.8 Å². The normalized spacial score (nSPS) is 18.3.